The summed E-state index contributed by atoms with van der Waals surface area (Å²) in [7, 11) is 0. The third-order valence-corrected chi connectivity index (χ3v) is 1.32. The number of hydrogen-bond donors (Lipinski definition) is 0. The minimum Gasteiger partial charge on any atom is -0.315 e. The molecule has 1 aliphatic rings. The van der Waals surface area contributed by atoms with Crippen molar-refractivity contribution in [2.24, 2.45) is 0 Å². The Morgan fingerprint density at radius 1 is 1.70 bits per heavy atom. The van der Waals surface area contributed by atoms with Gasteiger partial charge in [0.05, 0.1) is 12.6 Å². The molecule has 4 nitrogen and oxygen atoms in total. The van der Waals surface area contributed by atoms with E-state index in [1.54, 1.807) is 0 Å². The van der Waals surface area contributed by atoms with Gasteiger partial charge in [0.1, 0.15) is 6.04 Å². The Morgan fingerprint density at radius 3 is 2.60 bits per heavy atom. The van der Waals surface area contributed by atoms with Crippen LogP contribution in [0.4, 0.5) is 0 Å². The summed E-state index contributed by atoms with van der Waals surface area (Å²) in [6, 6.07) is 1.53. The third-order valence-electron chi connectivity index (χ3n) is 1.32. The Morgan fingerprint density at radius 2 is 2.30 bits per heavy atom. The van der Waals surface area contributed by atoms with Crippen LogP contribution in [0.3, 0.4) is 0 Å². The number of carbonyl (C=O) groups is 2. The number of nitrogens with zero attached hydrogens (tertiary/aromatic N) is 2. The quantitative estimate of drug-likeness (QED) is 0.356. The summed E-state index contributed by atoms with van der Waals surface area (Å²) in [6.45, 7) is 1.62. The lowest BCUT2D eigenvalue weighted by Crippen LogP contribution is -2.20. The van der Waals surface area contributed by atoms with Gasteiger partial charge in [0.25, 0.3) is 5.91 Å². The van der Waals surface area contributed by atoms with Crippen molar-refractivity contribution in [1.29, 1.82) is 5.26 Å². The summed E-state index contributed by atoms with van der Waals surface area (Å²) >= 11 is 0. The number of Topliss-reactive ketones (excluding diaryl/α,β-unsaturated/α-hetero) is 1. The van der Waals surface area contributed by atoms with Crippen molar-refractivity contribution in [3.8, 4) is 6.07 Å². The van der Waals surface area contributed by atoms with E-state index < -0.39 is 11.7 Å². The number of amides is 1. The van der Waals surface area contributed by atoms with Gasteiger partial charge in [-0.15, -0.1) is 0 Å². The van der Waals surface area contributed by atoms with E-state index in [4.69, 9.17) is 5.26 Å². The van der Waals surface area contributed by atoms with Crippen molar-refractivity contribution in [2.45, 2.75) is 13.0 Å². The van der Waals surface area contributed by atoms with Crippen LogP contribution in [0.25, 0.3) is 0 Å². The molecule has 52 valence electrons. The summed E-state index contributed by atoms with van der Waals surface area (Å²) in [5.41, 5.74) is 0. The van der Waals surface area contributed by atoms with Crippen molar-refractivity contribution in [3.05, 3.63) is 0 Å². The second-order valence-electron chi connectivity index (χ2n) is 2.16. The lowest BCUT2D eigenvalue weighted by Gasteiger charge is -1.93. The van der Waals surface area contributed by atoms with Crippen molar-refractivity contribution in [2.75, 3.05) is 6.54 Å². The Kier molecular flexibility index (Phi) is 1.42. The molecular formula is C6H6N2O2. The van der Waals surface area contributed by atoms with Crippen LogP contribution in [0.1, 0.15) is 6.92 Å². The smallest absolute Gasteiger partial charge is 0.290 e. The van der Waals surface area contributed by atoms with Crippen LogP contribution in [0, 0.1) is 11.3 Å². The molecule has 0 saturated carbocycles. The summed E-state index contributed by atoms with van der Waals surface area (Å²) in [5.74, 6) is -1.05. The summed E-state index contributed by atoms with van der Waals surface area (Å²) in [6.07, 6.45) is 0. The molecule has 0 radical (unpaired) electrons. The largest absolute Gasteiger partial charge is 0.315 e. The first kappa shape index (κ1) is 6.75. The first-order chi connectivity index (χ1) is 4.66. The van der Waals surface area contributed by atoms with E-state index in [9.17, 15) is 9.59 Å². The molecule has 0 spiro atoms. The van der Waals surface area contributed by atoms with Crippen molar-refractivity contribution >= 4 is 11.7 Å². The zero-order valence-corrected chi connectivity index (χ0v) is 5.50. The average molecular weight is 138 g/mol. The second kappa shape index (κ2) is 2.10. The highest BCUT2D eigenvalue weighted by molar-refractivity contribution is 6.35. The fourth-order valence-corrected chi connectivity index (χ4v) is 0.676. The molecule has 1 saturated heterocycles. The zero-order chi connectivity index (χ0) is 7.72. The van der Waals surface area contributed by atoms with Gasteiger partial charge in [-0.05, 0) is 0 Å². The maximum Gasteiger partial charge on any atom is 0.290 e. The zero-order valence-electron chi connectivity index (χ0n) is 5.50. The molecule has 1 fully saturated rings. The predicted octanol–water partition coefficient (Wildman–Crippen LogP) is -0.690. The van der Waals surface area contributed by atoms with Crippen LogP contribution in [-0.2, 0) is 9.59 Å². The van der Waals surface area contributed by atoms with Crippen molar-refractivity contribution in [1.82, 2.24) is 4.90 Å². The monoisotopic (exact) mass is 138 g/mol. The molecule has 0 aromatic rings. The van der Waals surface area contributed by atoms with Gasteiger partial charge < -0.3 is 4.90 Å². The number of ketones is 1. The molecule has 0 bridgehead atoms. The van der Waals surface area contributed by atoms with E-state index in [0.717, 1.165) is 0 Å². The average Bonchev–Trinajstić information content (AvgIpc) is 2.64. The summed E-state index contributed by atoms with van der Waals surface area (Å²) in [5, 5.41) is 8.25. The summed E-state index contributed by atoms with van der Waals surface area (Å²) < 4.78 is 0. The van der Waals surface area contributed by atoms with Gasteiger partial charge in [-0.3, -0.25) is 9.59 Å². The Hall–Kier alpha value is -1.37. The van der Waals surface area contributed by atoms with Crippen LogP contribution in [-0.4, -0.2) is 29.2 Å². The molecule has 1 heterocycles. The molecule has 1 rings (SSSR count). The SMILES string of the molecule is CC(=O)C(=O)N1CC1C#N. The standard InChI is InChI=1S/C6H6N2O2/c1-4(9)6(10)8-3-5(8)2-7/h5H,3H2,1H3. The minimum absolute atomic E-state index is 0.351. The topological polar surface area (TPSA) is 60.9 Å². The van der Waals surface area contributed by atoms with E-state index in [1.165, 1.54) is 11.8 Å². The van der Waals surface area contributed by atoms with Gasteiger partial charge >= 0.3 is 0 Å². The molecule has 1 aliphatic heterocycles. The number of nitriles is 1. The molecule has 0 aromatic heterocycles. The summed E-state index contributed by atoms with van der Waals surface area (Å²) in [4.78, 5) is 22.3. The Balaban J connectivity index is 2.50. The van der Waals surface area contributed by atoms with Crippen LogP contribution in [0.2, 0.25) is 0 Å². The van der Waals surface area contributed by atoms with Crippen LogP contribution in [0.5, 0.6) is 0 Å². The lowest BCUT2D eigenvalue weighted by molar-refractivity contribution is -0.139. The van der Waals surface area contributed by atoms with Gasteiger partial charge in [0.2, 0.25) is 5.78 Å². The van der Waals surface area contributed by atoms with E-state index in [1.807, 2.05) is 6.07 Å². The van der Waals surface area contributed by atoms with Crippen LogP contribution >= 0.6 is 0 Å². The molecule has 1 unspecified atom stereocenters. The molecule has 1 atom stereocenters. The highest BCUT2D eigenvalue weighted by atomic mass is 16.2. The number of hydrogen-bond acceptors (Lipinski definition) is 3. The van der Waals surface area contributed by atoms with Gasteiger partial charge in [0, 0.05) is 6.92 Å². The first-order valence-corrected chi connectivity index (χ1v) is 2.88. The number of rotatable bonds is 1. The fourth-order valence-electron chi connectivity index (χ4n) is 0.676. The van der Waals surface area contributed by atoms with Gasteiger partial charge in [-0.25, -0.2) is 0 Å². The lowest BCUT2D eigenvalue weighted by atomic mass is 10.4. The molecule has 1 amide bonds. The van der Waals surface area contributed by atoms with E-state index in [0.29, 0.717) is 6.54 Å². The molecule has 4 heteroatoms. The third kappa shape index (κ3) is 0.982. The van der Waals surface area contributed by atoms with Gasteiger partial charge in [-0.2, -0.15) is 5.26 Å². The van der Waals surface area contributed by atoms with E-state index in [-0.39, 0.29) is 6.04 Å². The van der Waals surface area contributed by atoms with E-state index >= 15 is 0 Å². The molecular weight excluding hydrogens is 132 g/mol. The van der Waals surface area contributed by atoms with Crippen molar-refractivity contribution in [3.63, 3.8) is 0 Å². The molecule has 0 aromatic carbocycles. The molecule has 10 heavy (non-hydrogen) atoms. The Labute approximate surface area is 58.0 Å². The Bertz CT molecular complexity index is 228. The maximum atomic E-state index is 10.7. The highest BCUT2D eigenvalue weighted by Gasteiger charge is 2.39. The molecule has 0 aliphatic carbocycles. The van der Waals surface area contributed by atoms with Gasteiger partial charge in [-0.1, -0.05) is 0 Å². The van der Waals surface area contributed by atoms with Crippen LogP contribution in [0.15, 0.2) is 0 Å². The van der Waals surface area contributed by atoms with Gasteiger partial charge in [0.15, 0.2) is 0 Å². The second-order valence-corrected chi connectivity index (χ2v) is 2.16. The first-order valence-electron chi connectivity index (χ1n) is 2.88. The molecule has 0 N–H and O–H groups in total. The normalized spacial score (nSPS) is 21.6. The fraction of sp³-hybridized carbons (Fsp3) is 0.500. The minimum atomic E-state index is -0.549. The predicted molar refractivity (Wildman–Crippen MR) is 31.8 cm³/mol. The maximum absolute atomic E-state index is 10.7. The highest BCUT2D eigenvalue weighted by Crippen LogP contribution is 2.15. The number of carbonyl (C=O) groups excluding carboxylic acids is 2. The van der Waals surface area contributed by atoms with E-state index in [2.05, 4.69) is 0 Å². The van der Waals surface area contributed by atoms with Crippen LogP contribution < -0.4 is 0 Å². The van der Waals surface area contributed by atoms with Crippen molar-refractivity contribution < 1.29 is 9.59 Å².